The summed E-state index contributed by atoms with van der Waals surface area (Å²) < 4.78 is 1.93. The van der Waals surface area contributed by atoms with Crippen LogP contribution in [0.5, 0.6) is 0 Å². The Morgan fingerprint density at radius 2 is 2.18 bits per heavy atom. The van der Waals surface area contributed by atoms with E-state index < -0.39 is 0 Å². The number of hydrogen-bond donors (Lipinski definition) is 1. The lowest BCUT2D eigenvalue weighted by Crippen LogP contribution is -2.30. The van der Waals surface area contributed by atoms with Gasteiger partial charge in [0.25, 0.3) is 0 Å². The van der Waals surface area contributed by atoms with Gasteiger partial charge in [-0.3, -0.25) is 0 Å². The second-order valence-corrected chi connectivity index (χ2v) is 5.04. The minimum Gasteiger partial charge on any atom is -0.317 e. The molecular weight excluding hydrogens is 210 g/mol. The van der Waals surface area contributed by atoms with E-state index >= 15 is 0 Å². The number of pyridine rings is 1. The van der Waals surface area contributed by atoms with Crippen molar-refractivity contribution in [2.45, 2.75) is 25.7 Å². The van der Waals surface area contributed by atoms with E-state index in [-0.39, 0.29) is 0 Å². The number of rotatable bonds is 2. The smallest absolute Gasteiger partial charge is 0.0664 e. The molecule has 3 heterocycles. The third kappa shape index (κ3) is 2.07. The number of nitrogens with zero attached hydrogens (tertiary/aromatic N) is 2. The van der Waals surface area contributed by atoms with Crippen molar-refractivity contribution in [2.24, 2.45) is 5.92 Å². The second kappa shape index (κ2) is 4.49. The maximum Gasteiger partial charge on any atom is 0.0664 e. The van der Waals surface area contributed by atoms with Crippen molar-refractivity contribution < 1.29 is 0 Å². The van der Waals surface area contributed by atoms with E-state index in [1.165, 1.54) is 37.0 Å². The highest BCUT2D eigenvalue weighted by Crippen LogP contribution is 2.30. The molecule has 1 saturated heterocycles. The van der Waals surface area contributed by atoms with Crippen LogP contribution in [0.25, 0.3) is 5.52 Å². The number of hydrogen-bond acceptors (Lipinski definition) is 2. The molecule has 0 bridgehead atoms. The fourth-order valence-corrected chi connectivity index (χ4v) is 2.84. The summed E-state index contributed by atoms with van der Waals surface area (Å²) in [5, 5.41) is 7.67. The third-order valence-electron chi connectivity index (χ3n) is 4.04. The van der Waals surface area contributed by atoms with E-state index in [4.69, 9.17) is 0 Å². The van der Waals surface area contributed by atoms with Crippen LogP contribution in [0.3, 0.4) is 0 Å². The predicted octanol–water partition coefficient (Wildman–Crippen LogP) is 2.44. The lowest BCUT2D eigenvalue weighted by atomic mass is 9.82. The predicted molar refractivity (Wildman–Crippen MR) is 69.2 cm³/mol. The molecule has 0 radical (unpaired) electrons. The summed E-state index contributed by atoms with van der Waals surface area (Å²) in [4.78, 5) is 0. The zero-order valence-corrected chi connectivity index (χ0v) is 10.3. The van der Waals surface area contributed by atoms with Gasteiger partial charge < -0.3 is 5.32 Å². The van der Waals surface area contributed by atoms with Gasteiger partial charge in [0.05, 0.1) is 5.52 Å². The van der Waals surface area contributed by atoms with Gasteiger partial charge >= 0.3 is 0 Å². The second-order valence-electron chi connectivity index (χ2n) is 5.04. The van der Waals surface area contributed by atoms with Gasteiger partial charge in [0.15, 0.2) is 0 Å². The van der Waals surface area contributed by atoms with Gasteiger partial charge in [0, 0.05) is 12.4 Å². The quantitative estimate of drug-likeness (QED) is 0.857. The zero-order valence-electron chi connectivity index (χ0n) is 10.3. The molecule has 1 aliphatic rings. The van der Waals surface area contributed by atoms with Crippen molar-refractivity contribution in [1.29, 1.82) is 0 Å². The molecule has 1 aliphatic heterocycles. The van der Waals surface area contributed by atoms with E-state index in [0.717, 1.165) is 5.92 Å². The first-order valence-electron chi connectivity index (χ1n) is 6.48. The maximum atomic E-state index is 4.24. The summed E-state index contributed by atoms with van der Waals surface area (Å²) >= 11 is 0. The molecule has 90 valence electrons. The molecule has 0 spiro atoms. The number of aromatic nitrogens is 2. The molecule has 0 aromatic carbocycles. The summed E-state index contributed by atoms with van der Waals surface area (Å²) in [6, 6.07) is 6.56. The minimum absolute atomic E-state index is 0.650. The van der Waals surface area contributed by atoms with Crippen LogP contribution in [-0.4, -0.2) is 22.7 Å². The SMILES string of the molecule is CC(c1ccn2nccc2c1)C1CCNCC1. The fourth-order valence-electron chi connectivity index (χ4n) is 2.84. The third-order valence-corrected chi connectivity index (χ3v) is 4.04. The monoisotopic (exact) mass is 229 g/mol. The molecular formula is C14H19N3. The topological polar surface area (TPSA) is 29.3 Å². The van der Waals surface area contributed by atoms with Gasteiger partial charge in [-0.05, 0) is 61.5 Å². The highest BCUT2D eigenvalue weighted by molar-refractivity contribution is 5.48. The summed E-state index contributed by atoms with van der Waals surface area (Å²) in [6.45, 7) is 4.70. The van der Waals surface area contributed by atoms with Crippen LogP contribution in [0.1, 0.15) is 31.2 Å². The van der Waals surface area contributed by atoms with Gasteiger partial charge in [0.2, 0.25) is 0 Å². The van der Waals surface area contributed by atoms with Crippen LogP contribution in [-0.2, 0) is 0 Å². The van der Waals surface area contributed by atoms with Crippen LogP contribution in [0.15, 0.2) is 30.6 Å². The van der Waals surface area contributed by atoms with Gasteiger partial charge in [-0.2, -0.15) is 5.10 Å². The Hall–Kier alpha value is -1.35. The van der Waals surface area contributed by atoms with Crippen LogP contribution < -0.4 is 5.32 Å². The lowest BCUT2D eigenvalue weighted by Gasteiger charge is -2.28. The molecule has 1 atom stereocenters. The Morgan fingerprint density at radius 3 is 3.00 bits per heavy atom. The Bertz CT molecular complexity index is 497. The zero-order chi connectivity index (χ0) is 11.7. The molecule has 2 aromatic heterocycles. The largest absolute Gasteiger partial charge is 0.317 e. The molecule has 1 fully saturated rings. The van der Waals surface area contributed by atoms with Crippen molar-refractivity contribution in [3.8, 4) is 0 Å². The number of fused-ring (bicyclic) bond motifs is 1. The molecule has 0 amide bonds. The van der Waals surface area contributed by atoms with E-state index in [1.54, 1.807) is 0 Å². The summed E-state index contributed by atoms with van der Waals surface area (Å²) in [7, 11) is 0. The first kappa shape index (κ1) is 10.8. The summed E-state index contributed by atoms with van der Waals surface area (Å²) in [5.41, 5.74) is 2.65. The summed E-state index contributed by atoms with van der Waals surface area (Å²) in [6.07, 6.45) is 6.52. The highest BCUT2D eigenvalue weighted by Gasteiger charge is 2.21. The van der Waals surface area contributed by atoms with Crippen molar-refractivity contribution in [3.05, 3.63) is 36.2 Å². The Labute approximate surface area is 102 Å². The first-order valence-corrected chi connectivity index (χ1v) is 6.48. The lowest BCUT2D eigenvalue weighted by molar-refractivity contribution is 0.330. The molecule has 1 unspecified atom stereocenters. The van der Waals surface area contributed by atoms with Crippen molar-refractivity contribution in [2.75, 3.05) is 13.1 Å². The molecule has 3 nitrogen and oxygen atoms in total. The molecule has 0 saturated carbocycles. The highest BCUT2D eigenvalue weighted by atomic mass is 15.2. The number of nitrogens with one attached hydrogen (secondary N) is 1. The van der Waals surface area contributed by atoms with Crippen molar-refractivity contribution >= 4 is 5.52 Å². The fraction of sp³-hybridized carbons (Fsp3) is 0.500. The maximum absolute atomic E-state index is 4.24. The Morgan fingerprint density at radius 1 is 1.35 bits per heavy atom. The molecule has 3 rings (SSSR count). The molecule has 1 N–H and O–H groups in total. The summed E-state index contributed by atoms with van der Waals surface area (Å²) in [5.74, 6) is 1.47. The molecule has 2 aromatic rings. The molecule has 3 heteroatoms. The van der Waals surface area contributed by atoms with Crippen LogP contribution >= 0.6 is 0 Å². The van der Waals surface area contributed by atoms with Gasteiger partial charge in [-0.1, -0.05) is 6.92 Å². The van der Waals surface area contributed by atoms with Gasteiger partial charge in [-0.25, -0.2) is 4.52 Å². The van der Waals surface area contributed by atoms with Gasteiger partial charge in [0.1, 0.15) is 0 Å². The molecule has 0 aliphatic carbocycles. The number of piperidine rings is 1. The standard InChI is InChI=1S/C14H19N3/c1-11(12-2-6-15-7-3-12)13-5-9-17-14(10-13)4-8-16-17/h4-5,8-12,15H,2-3,6-7H2,1H3. The van der Waals surface area contributed by atoms with E-state index in [1.807, 2.05) is 10.7 Å². The van der Waals surface area contributed by atoms with E-state index in [2.05, 4.69) is 41.7 Å². The minimum atomic E-state index is 0.650. The van der Waals surface area contributed by atoms with Crippen LogP contribution in [0, 0.1) is 5.92 Å². The van der Waals surface area contributed by atoms with E-state index in [0.29, 0.717) is 5.92 Å². The van der Waals surface area contributed by atoms with Crippen LogP contribution in [0.4, 0.5) is 0 Å². The average molecular weight is 229 g/mol. The normalized spacial score (nSPS) is 19.6. The van der Waals surface area contributed by atoms with Crippen molar-refractivity contribution in [1.82, 2.24) is 14.9 Å². The van der Waals surface area contributed by atoms with E-state index in [9.17, 15) is 0 Å². The molecule has 17 heavy (non-hydrogen) atoms. The average Bonchev–Trinajstić information content (AvgIpc) is 2.86. The van der Waals surface area contributed by atoms with Crippen LogP contribution in [0.2, 0.25) is 0 Å². The first-order chi connectivity index (χ1) is 8.34. The van der Waals surface area contributed by atoms with Gasteiger partial charge in [-0.15, -0.1) is 0 Å². The Kier molecular flexibility index (Phi) is 2.85. The van der Waals surface area contributed by atoms with Crippen molar-refractivity contribution in [3.63, 3.8) is 0 Å². The Balaban J connectivity index is 1.86.